The Balaban J connectivity index is 1.86. The largest absolute Gasteiger partial charge is 0.382 e. The number of hydrogen-bond acceptors (Lipinski definition) is 5. The van der Waals surface area contributed by atoms with E-state index in [0.29, 0.717) is 10.7 Å². The molecule has 0 atom stereocenters. The Bertz CT molecular complexity index is 769. The Kier molecular flexibility index (Phi) is 3.25. The van der Waals surface area contributed by atoms with Gasteiger partial charge in [0.1, 0.15) is 5.82 Å². The summed E-state index contributed by atoms with van der Waals surface area (Å²) in [6.45, 7) is 0. The molecular weight excluding hydrogens is 296 g/mol. The Morgan fingerprint density at radius 3 is 2.90 bits per heavy atom. The first-order valence-electron chi connectivity index (χ1n) is 5.71. The van der Waals surface area contributed by atoms with E-state index < -0.39 is 0 Å². The van der Waals surface area contributed by atoms with Crippen LogP contribution in [0.2, 0.25) is 5.02 Å². The second-order valence-electron chi connectivity index (χ2n) is 4.03. The zero-order chi connectivity index (χ0) is 14.1. The number of amides is 1. The monoisotopic (exact) mass is 304 g/mol. The summed E-state index contributed by atoms with van der Waals surface area (Å²) in [5.74, 6) is -0.123. The predicted molar refractivity (Wildman–Crippen MR) is 81.2 cm³/mol. The van der Waals surface area contributed by atoms with Crippen molar-refractivity contribution in [2.45, 2.75) is 0 Å². The predicted octanol–water partition coefficient (Wildman–Crippen LogP) is 3.18. The number of pyridine rings is 1. The Morgan fingerprint density at radius 1 is 1.35 bits per heavy atom. The minimum atomic E-state index is -0.321. The number of aromatic nitrogens is 2. The maximum Gasteiger partial charge on any atom is 0.259 e. The van der Waals surface area contributed by atoms with E-state index in [0.717, 1.165) is 10.2 Å². The van der Waals surface area contributed by atoms with Crippen molar-refractivity contribution < 1.29 is 4.79 Å². The van der Waals surface area contributed by atoms with Gasteiger partial charge in [0.05, 0.1) is 20.8 Å². The lowest BCUT2D eigenvalue weighted by molar-refractivity contribution is 0.102. The molecule has 2 heterocycles. The van der Waals surface area contributed by atoms with Gasteiger partial charge in [-0.1, -0.05) is 35.1 Å². The third kappa shape index (κ3) is 2.43. The van der Waals surface area contributed by atoms with E-state index in [4.69, 9.17) is 17.3 Å². The SMILES string of the molecule is Nc1ncc(C(=O)Nc2nc3ccccc3s2)cc1Cl. The summed E-state index contributed by atoms with van der Waals surface area (Å²) in [5.41, 5.74) is 6.69. The summed E-state index contributed by atoms with van der Waals surface area (Å²) < 4.78 is 1.01. The van der Waals surface area contributed by atoms with E-state index >= 15 is 0 Å². The minimum Gasteiger partial charge on any atom is -0.382 e. The molecule has 1 aromatic carbocycles. The Labute approximate surface area is 123 Å². The van der Waals surface area contributed by atoms with Crippen LogP contribution in [0, 0.1) is 0 Å². The average Bonchev–Trinajstić information content (AvgIpc) is 2.83. The number of hydrogen-bond donors (Lipinski definition) is 2. The topological polar surface area (TPSA) is 80.9 Å². The van der Waals surface area contributed by atoms with Gasteiger partial charge in [-0.25, -0.2) is 9.97 Å². The molecule has 2 aromatic heterocycles. The molecule has 0 aliphatic carbocycles. The number of rotatable bonds is 2. The van der Waals surface area contributed by atoms with Crippen LogP contribution in [0.15, 0.2) is 36.5 Å². The molecule has 100 valence electrons. The number of anilines is 2. The lowest BCUT2D eigenvalue weighted by Crippen LogP contribution is -2.12. The molecule has 3 aromatic rings. The number of nitrogens with one attached hydrogen (secondary N) is 1. The van der Waals surface area contributed by atoms with Gasteiger partial charge in [0.2, 0.25) is 0 Å². The van der Waals surface area contributed by atoms with Crippen LogP contribution in [-0.2, 0) is 0 Å². The van der Waals surface area contributed by atoms with Crippen molar-refractivity contribution in [1.82, 2.24) is 9.97 Å². The van der Waals surface area contributed by atoms with Crippen molar-refractivity contribution in [3.63, 3.8) is 0 Å². The molecule has 1 amide bonds. The molecular formula is C13H9ClN4OS. The van der Waals surface area contributed by atoms with E-state index in [9.17, 15) is 4.79 Å². The van der Waals surface area contributed by atoms with Crippen LogP contribution >= 0.6 is 22.9 Å². The van der Waals surface area contributed by atoms with Crippen molar-refractivity contribution >= 4 is 50.0 Å². The van der Waals surface area contributed by atoms with Gasteiger partial charge in [0, 0.05) is 6.20 Å². The Morgan fingerprint density at radius 2 is 2.15 bits per heavy atom. The smallest absolute Gasteiger partial charge is 0.259 e. The molecule has 0 radical (unpaired) electrons. The van der Waals surface area contributed by atoms with Crippen LogP contribution in [0.25, 0.3) is 10.2 Å². The normalized spacial score (nSPS) is 10.7. The lowest BCUT2D eigenvalue weighted by atomic mass is 10.2. The van der Waals surface area contributed by atoms with Crippen molar-refractivity contribution in [2.75, 3.05) is 11.1 Å². The molecule has 0 unspecified atom stereocenters. The molecule has 5 nitrogen and oxygen atoms in total. The maximum absolute atomic E-state index is 12.1. The zero-order valence-electron chi connectivity index (χ0n) is 10.1. The molecule has 0 saturated heterocycles. The van der Waals surface area contributed by atoms with E-state index in [1.165, 1.54) is 23.6 Å². The van der Waals surface area contributed by atoms with Gasteiger partial charge >= 0.3 is 0 Å². The number of benzene rings is 1. The summed E-state index contributed by atoms with van der Waals surface area (Å²) in [5, 5.41) is 3.51. The summed E-state index contributed by atoms with van der Waals surface area (Å²) >= 11 is 7.25. The maximum atomic E-state index is 12.1. The first kappa shape index (κ1) is 12.8. The fourth-order valence-electron chi connectivity index (χ4n) is 1.67. The van der Waals surface area contributed by atoms with E-state index in [1.807, 2.05) is 24.3 Å². The second-order valence-corrected chi connectivity index (χ2v) is 5.47. The van der Waals surface area contributed by atoms with Crippen LogP contribution in [0.4, 0.5) is 10.9 Å². The summed E-state index contributed by atoms with van der Waals surface area (Å²) in [6.07, 6.45) is 1.38. The highest BCUT2D eigenvalue weighted by Crippen LogP contribution is 2.26. The number of halogens is 1. The second kappa shape index (κ2) is 5.07. The molecule has 7 heteroatoms. The molecule has 0 fully saturated rings. The third-order valence-corrected chi connectivity index (χ3v) is 3.90. The van der Waals surface area contributed by atoms with Gasteiger partial charge < -0.3 is 5.73 Å². The first-order valence-corrected chi connectivity index (χ1v) is 6.91. The fraction of sp³-hybridized carbons (Fsp3) is 0. The molecule has 0 aliphatic rings. The minimum absolute atomic E-state index is 0.197. The van der Waals surface area contributed by atoms with Crippen molar-refractivity contribution in [2.24, 2.45) is 0 Å². The van der Waals surface area contributed by atoms with E-state index in [1.54, 1.807) is 0 Å². The van der Waals surface area contributed by atoms with Crippen molar-refractivity contribution in [1.29, 1.82) is 0 Å². The standard InChI is InChI=1S/C13H9ClN4OS/c14-8-5-7(6-16-11(8)15)12(19)18-13-17-9-3-1-2-4-10(9)20-13/h1-6H,(H2,15,16)(H,17,18,19). The average molecular weight is 305 g/mol. The quantitative estimate of drug-likeness (QED) is 0.762. The molecule has 0 aliphatic heterocycles. The van der Waals surface area contributed by atoms with Crippen LogP contribution in [0.5, 0.6) is 0 Å². The molecule has 20 heavy (non-hydrogen) atoms. The number of nitrogens with zero attached hydrogens (tertiary/aromatic N) is 2. The third-order valence-electron chi connectivity index (χ3n) is 2.65. The van der Waals surface area contributed by atoms with Crippen LogP contribution in [0.3, 0.4) is 0 Å². The first-order chi connectivity index (χ1) is 9.63. The van der Waals surface area contributed by atoms with Gasteiger partial charge in [0.25, 0.3) is 5.91 Å². The number of para-hydroxylation sites is 1. The van der Waals surface area contributed by atoms with E-state index in [-0.39, 0.29) is 16.7 Å². The van der Waals surface area contributed by atoms with Gasteiger partial charge in [-0.05, 0) is 18.2 Å². The molecule has 0 spiro atoms. The molecule has 0 bridgehead atoms. The molecule has 3 N–H and O–H groups in total. The highest BCUT2D eigenvalue weighted by molar-refractivity contribution is 7.22. The van der Waals surface area contributed by atoms with Crippen molar-refractivity contribution in [3.05, 3.63) is 47.1 Å². The highest BCUT2D eigenvalue weighted by atomic mass is 35.5. The van der Waals surface area contributed by atoms with Crippen molar-refractivity contribution in [3.8, 4) is 0 Å². The lowest BCUT2D eigenvalue weighted by Gasteiger charge is -2.02. The molecule has 3 rings (SSSR count). The number of nitrogens with two attached hydrogens (primary N) is 1. The summed E-state index contributed by atoms with van der Waals surface area (Å²) in [7, 11) is 0. The van der Waals surface area contributed by atoms with Gasteiger partial charge in [-0.15, -0.1) is 0 Å². The van der Waals surface area contributed by atoms with Crippen LogP contribution < -0.4 is 11.1 Å². The van der Waals surface area contributed by atoms with Crippen LogP contribution in [-0.4, -0.2) is 15.9 Å². The van der Waals surface area contributed by atoms with Gasteiger partial charge in [-0.2, -0.15) is 0 Å². The number of thiazole rings is 1. The highest BCUT2D eigenvalue weighted by Gasteiger charge is 2.11. The Hall–Kier alpha value is -2.18. The number of carbonyl (C=O) groups excluding carboxylic acids is 1. The number of fused-ring (bicyclic) bond motifs is 1. The summed E-state index contributed by atoms with van der Waals surface area (Å²) in [6, 6.07) is 9.15. The fourth-order valence-corrected chi connectivity index (χ4v) is 2.69. The van der Waals surface area contributed by atoms with Crippen LogP contribution in [0.1, 0.15) is 10.4 Å². The van der Waals surface area contributed by atoms with Gasteiger partial charge in [-0.3, -0.25) is 10.1 Å². The molecule has 0 saturated carbocycles. The summed E-state index contributed by atoms with van der Waals surface area (Å²) in [4.78, 5) is 20.2. The van der Waals surface area contributed by atoms with E-state index in [2.05, 4.69) is 15.3 Å². The van der Waals surface area contributed by atoms with Gasteiger partial charge in [0.15, 0.2) is 5.13 Å². The number of nitrogen functional groups attached to an aromatic ring is 1. The zero-order valence-corrected chi connectivity index (χ0v) is 11.7. The number of carbonyl (C=O) groups is 1.